The molecule has 1 rings (SSSR count). The van der Waals surface area contributed by atoms with E-state index in [1.54, 1.807) is 26.2 Å². The van der Waals surface area contributed by atoms with Gasteiger partial charge < -0.3 is 20.1 Å². The van der Waals surface area contributed by atoms with Crippen molar-refractivity contribution in [2.75, 3.05) is 27.9 Å². The number of rotatable bonds is 8. The first kappa shape index (κ1) is 16.5. The van der Waals surface area contributed by atoms with E-state index in [1.807, 2.05) is 24.3 Å². The third-order valence-electron chi connectivity index (χ3n) is 3.14. The molecule has 1 aromatic rings. The first-order chi connectivity index (χ1) is 9.58. The van der Waals surface area contributed by atoms with E-state index >= 15 is 0 Å². The Hall–Kier alpha value is -1.59. The maximum Gasteiger partial charge on any atom is 0.239 e. The van der Waals surface area contributed by atoms with Crippen molar-refractivity contribution in [3.8, 4) is 5.75 Å². The molecule has 20 heavy (non-hydrogen) atoms. The van der Waals surface area contributed by atoms with Gasteiger partial charge in [0, 0.05) is 27.3 Å². The summed E-state index contributed by atoms with van der Waals surface area (Å²) in [5, 5.41) is 0. The van der Waals surface area contributed by atoms with Crippen molar-refractivity contribution in [3.63, 3.8) is 0 Å². The lowest BCUT2D eigenvalue weighted by Gasteiger charge is -2.21. The molecule has 1 unspecified atom stereocenters. The lowest BCUT2D eigenvalue weighted by Crippen LogP contribution is -2.41. The molecular weight excluding hydrogens is 256 g/mol. The highest BCUT2D eigenvalue weighted by atomic mass is 16.5. The van der Waals surface area contributed by atoms with Crippen LogP contribution in [0.25, 0.3) is 0 Å². The number of nitrogens with two attached hydrogens (primary N) is 1. The Bertz CT molecular complexity index is 406. The number of methoxy groups -OCH3 is 2. The molecule has 5 heteroatoms. The summed E-state index contributed by atoms with van der Waals surface area (Å²) in [5.74, 6) is 0.760. The number of carbonyl (C=O) groups is 1. The van der Waals surface area contributed by atoms with E-state index in [0.29, 0.717) is 19.6 Å². The minimum atomic E-state index is -0.464. The van der Waals surface area contributed by atoms with Gasteiger partial charge in [0.2, 0.25) is 5.91 Å². The van der Waals surface area contributed by atoms with Crippen molar-refractivity contribution in [1.82, 2.24) is 4.90 Å². The van der Waals surface area contributed by atoms with Crippen LogP contribution in [0.15, 0.2) is 24.3 Å². The van der Waals surface area contributed by atoms with Gasteiger partial charge in [-0.15, -0.1) is 0 Å². The maximum atomic E-state index is 12.1. The summed E-state index contributed by atoms with van der Waals surface area (Å²) in [5.41, 5.74) is 6.94. The lowest BCUT2D eigenvalue weighted by molar-refractivity contribution is -0.132. The van der Waals surface area contributed by atoms with Gasteiger partial charge in [0.05, 0.1) is 13.2 Å². The summed E-state index contributed by atoms with van der Waals surface area (Å²) in [6, 6.07) is 7.18. The molecule has 1 atom stereocenters. The van der Waals surface area contributed by atoms with Gasteiger partial charge in [0.25, 0.3) is 0 Å². The molecule has 0 saturated heterocycles. The van der Waals surface area contributed by atoms with E-state index in [1.165, 1.54) is 0 Å². The lowest BCUT2D eigenvalue weighted by atomic mass is 10.1. The highest BCUT2D eigenvalue weighted by molar-refractivity contribution is 5.81. The zero-order valence-electron chi connectivity index (χ0n) is 12.5. The van der Waals surface area contributed by atoms with Crippen molar-refractivity contribution < 1.29 is 14.3 Å². The number of amides is 1. The van der Waals surface area contributed by atoms with Crippen molar-refractivity contribution in [1.29, 1.82) is 0 Å². The molecule has 1 aromatic carbocycles. The van der Waals surface area contributed by atoms with Gasteiger partial charge >= 0.3 is 0 Å². The molecule has 0 aliphatic heterocycles. The molecule has 5 nitrogen and oxygen atoms in total. The predicted molar refractivity (Wildman–Crippen MR) is 78.6 cm³/mol. The van der Waals surface area contributed by atoms with Crippen LogP contribution >= 0.6 is 0 Å². The molecule has 0 fully saturated rings. The molecule has 0 bridgehead atoms. The van der Waals surface area contributed by atoms with Gasteiger partial charge in [-0.2, -0.15) is 0 Å². The fraction of sp³-hybridized carbons (Fsp3) is 0.533. The van der Waals surface area contributed by atoms with Gasteiger partial charge in [-0.3, -0.25) is 4.79 Å². The van der Waals surface area contributed by atoms with Gasteiger partial charge in [0.1, 0.15) is 5.75 Å². The summed E-state index contributed by atoms with van der Waals surface area (Å²) in [4.78, 5) is 13.8. The quantitative estimate of drug-likeness (QED) is 0.731. The maximum absolute atomic E-state index is 12.1. The molecule has 0 spiro atoms. The smallest absolute Gasteiger partial charge is 0.239 e. The Kier molecular flexibility index (Phi) is 7.04. The van der Waals surface area contributed by atoms with Crippen LogP contribution in [0.2, 0.25) is 0 Å². The largest absolute Gasteiger partial charge is 0.497 e. The second kappa shape index (κ2) is 8.55. The van der Waals surface area contributed by atoms with E-state index in [0.717, 1.165) is 17.7 Å². The Labute approximate surface area is 120 Å². The van der Waals surface area contributed by atoms with Crippen LogP contribution in [0.1, 0.15) is 18.4 Å². The van der Waals surface area contributed by atoms with Crippen LogP contribution in [0.5, 0.6) is 5.75 Å². The van der Waals surface area contributed by atoms with Crippen LogP contribution in [0.3, 0.4) is 0 Å². The van der Waals surface area contributed by atoms with Crippen molar-refractivity contribution in [2.24, 2.45) is 5.73 Å². The summed E-state index contributed by atoms with van der Waals surface area (Å²) >= 11 is 0. The summed E-state index contributed by atoms with van der Waals surface area (Å²) < 4.78 is 10.1. The third kappa shape index (κ3) is 5.19. The monoisotopic (exact) mass is 280 g/mol. The van der Waals surface area contributed by atoms with Crippen LogP contribution in [-0.4, -0.2) is 44.7 Å². The fourth-order valence-electron chi connectivity index (χ4n) is 1.94. The molecular formula is C15H24N2O3. The number of hydrogen-bond acceptors (Lipinski definition) is 4. The zero-order valence-corrected chi connectivity index (χ0v) is 12.5. The molecule has 0 radical (unpaired) electrons. The van der Waals surface area contributed by atoms with Crippen LogP contribution < -0.4 is 10.5 Å². The summed E-state index contributed by atoms with van der Waals surface area (Å²) in [6.45, 7) is 1.17. The highest BCUT2D eigenvalue weighted by Gasteiger charge is 2.17. The van der Waals surface area contributed by atoms with E-state index < -0.39 is 6.04 Å². The molecule has 0 heterocycles. The fourth-order valence-corrected chi connectivity index (χ4v) is 1.94. The predicted octanol–water partition coefficient (Wildman–Crippen LogP) is 1.41. The molecule has 1 amide bonds. The summed E-state index contributed by atoms with van der Waals surface area (Å²) in [6.07, 6.45) is 1.43. The second-order valence-corrected chi connectivity index (χ2v) is 4.78. The van der Waals surface area contributed by atoms with Crippen molar-refractivity contribution >= 4 is 5.91 Å². The Morgan fingerprint density at radius 2 is 1.95 bits per heavy atom. The number of carbonyl (C=O) groups excluding carboxylic acids is 1. The van der Waals surface area contributed by atoms with Gasteiger partial charge in [-0.05, 0) is 30.5 Å². The molecule has 0 saturated carbocycles. The number of likely N-dealkylation sites (N-methyl/N-ethyl adjacent to an activating group) is 1. The van der Waals surface area contributed by atoms with Crippen LogP contribution in [0.4, 0.5) is 0 Å². The first-order valence-electron chi connectivity index (χ1n) is 6.71. The number of ether oxygens (including phenoxy) is 2. The van der Waals surface area contributed by atoms with Crippen LogP contribution in [-0.2, 0) is 16.1 Å². The van der Waals surface area contributed by atoms with Gasteiger partial charge in [-0.1, -0.05) is 12.1 Å². The Morgan fingerprint density at radius 1 is 1.30 bits per heavy atom. The van der Waals surface area contributed by atoms with Crippen molar-refractivity contribution in [3.05, 3.63) is 29.8 Å². The molecule has 2 N–H and O–H groups in total. The molecule has 112 valence electrons. The highest BCUT2D eigenvalue weighted by Crippen LogP contribution is 2.13. The molecule has 0 aliphatic carbocycles. The zero-order chi connectivity index (χ0) is 15.0. The van der Waals surface area contributed by atoms with E-state index in [-0.39, 0.29) is 5.91 Å². The van der Waals surface area contributed by atoms with Crippen molar-refractivity contribution in [2.45, 2.75) is 25.4 Å². The molecule has 0 aromatic heterocycles. The van der Waals surface area contributed by atoms with E-state index in [4.69, 9.17) is 15.2 Å². The molecule has 0 aliphatic rings. The third-order valence-corrected chi connectivity index (χ3v) is 3.14. The minimum absolute atomic E-state index is 0.0445. The normalized spacial score (nSPS) is 12.0. The Balaban J connectivity index is 2.47. The number of hydrogen-bond donors (Lipinski definition) is 1. The van der Waals surface area contributed by atoms with E-state index in [2.05, 4.69) is 0 Å². The van der Waals surface area contributed by atoms with Crippen LogP contribution in [0, 0.1) is 0 Å². The number of nitrogens with zero attached hydrogens (tertiary/aromatic N) is 1. The Morgan fingerprint density at radius 3 is 2.50 bits per heavy atom. The minimum Gasteiger partial charge on any atom is -0.497 e. The average Bonchev–Trinajstić information content (AvgIpc) is 2.47. The van der Waals surface area contributed by atoms with Gasteiger partial charge in [0.15, 0.2) is 0 Å². The van der Waals surface area contributed by atoms with Gasteiger partial charge in [-0.25, -0.2) is 0 Å². The summed E-state index contributed by atoms with van der Waals surface area (Å²) in [7, 11) is 5.04. The number of benzene rings is 1. The topological polar surface area (TPSA) is 64.8 Å². The first-order valence-corrected chi connectivity index (χ1v) is 6.71. The SMILES string of the molecule is COCCCC(N)C(=O)N(C)Cc1ccc(OC)cc1. The van der Waals surface area contributed by atoms with E-state index in [9.17, 15) is 4.79 Å². The average molecular weight is 280 g/mol. The standard InChI is InChI=1S/C15H24N2O3/c1-17(15(18)14(16)5-4-10-19-2)11-12-6-8-13(20-3)9-7-12/h6-9,14H,4-5,10-11,16H2,1-3H3. The second-order valence-electron chi connectivity index (χ2n) is 4.78.